The number of hydrogen-bond acceptors (Lipinski definition) is 5. The van der Waals surface area contributed by atoms with E-state index in [1.54, 1.807) is 0 Å². The summed E-state index contributed by atoms with van der Waals surface area (Å²) in [6.45, 7) is 1.04. The first-order chi connectivity index (χ1) is 12.1. The van der Waals surface area contributed by atoms with Crippen LogP contribution < -0.4 is 5.32 Å². The summed E-state index contributed by atoms with van der Waals surface area (Å²) in [4.78, 5) is 15.3. The first-order valence-electron chi connectivity index (χ1n) is 7.53. The lowest BCUT2D eigenvalue weighted by molar-refractivity contribution is 0.0119. The Morgan fingerprint density at radius 1 is 1.50 bits per heavy atom. The summed E-state index contributed by atoms with van der Waals surface area (Å²) in [5, 5.41) is 16.2. The Labute approximate surface area is 149 Å². The van der Waals surface area contributed by atoms with E-state index in [-0.39, 0.29) is 12.1 Å². The van der Waals surface area contributed by atoms with Gasteiger partial charge in [-0.3, -0.25) is 0 Å². The molecule has 0 bridgehead atoms. The minimum Gasteiger partial charge on any atom is -0.382 e. The minimum atomic E-state index is -3.32. The summed E-state index contributed by atoms with van der Waals surface area (Å²) in [7, 11) is -2.00. The molecule has 0 saturated heterocycles. The Kier molecular flexibility index (Phi) is 5.71. The zero-order chi connectivity index (χ0) is 19.5. The number of rotatable bonds is 5. The Morgan fingerprint density at radius 3 is 2.73 bits per heavy atom. The van der Waals surface area contributed by atoms with E-state index in [0.717, 1.165) is 12.1 Å². The molecule has 2 N–H and O–H groups in total. The van der Waals surface area contributed by atoms with Crippen molar-refractivity contribution in [3.8, 4) is 0 Å². The van der Waals surface area contributed by atoms with Crippen LogP contribution in [-0.4, -0.2) is 48.7 Å². The second-order valence-corrected chi connectivity index (χ2v) is 8.40. The number of amides is 2. The van der Waals surface area contributed by atoms with Crippen molar-refractivity contribution in [2.45, 2.75) is 24.3 Å². The van der Waals surface area contributed by atoms with E-state index in [1.165, 1.54) is 37.6 Å². The number of halogens is 2. The number of urea groups is 1. The van der Waals surface area contributed by atoms with Crippen LogP contribution in [0.1, 0.15) is 12.5 Å². The van der Waals surface area contributed by atoms with Gasteiger partial charge >= 0.3 is 6.03 Å². The van der Waals surface area contributed by atoms with Crippen molar-refractivity contribution < 1.29 is 22.9 Å². The molecule has 26 heavy (non-hydrogen) atoms. The van der Waals surface area contributed by atoms with Crippen LogP contribution in [0.15, 0.2) is 35.2 Å². The van der Waals surface area contributed by atoms with Crippen LogP contribution >= 0.6 is 0 Å². The van der Waals surface area contributed by atoms with Gasteiger partial charge < -0.3 is 10.4 Å². The highest BCUT2D eigenvalue weighted by molar-refractivity contribution is 7.93. The second-order valence-electron chi connectivity index (χ2n) is 5.79. The van der Waals surface area contributed by atoms with Gasteiger partial charge in [-0.25, -0.2) is 27.5 Å². The first kappa shape index (κ1) is 19.9. The number of aliphatic hydroxyl groups is 1. The normalized spacial score (nSPS) is 17.0. The molecule has 0 spiro atoms. The summed E-state index contributed by atoms with van der Waals surface area (Å²) in [6, 6.07) is 1.81. The van der Waals surface area contributed by atoms with Crippen LogP contribution in [0.3, 0.4) is 0 Å². The van der Waals surface area contributed by atoms with Crippen LogP contribution in [0.4, 0.5) is 13.6 Å². The van der Waals surface area contributed by atoms with Crippen molar-refractivity contribution in [2.24, 2.45) is 4.36 Å². The molecule has 1 aromatic heterocycles. The van der Waals surface area contributed by atoms with Crippen molar-refractivity contribution in [1.82, 2.24) is 20.1 Å². The molecule has 3 atom stereocenters. The smallest absolute Gasteiger partial charge is 0.348 e. The van der Waals surface area contributed by atoms with E-state index in [1.807, 2.05) is 0 Å². The van der Waals surface area contributed by atoms with Gasteiger partial charge in [-0.05, 0) is 13.0 Å². The Bertz CT molecular complexity index is 912. The lowest BCUT2D eigenvalue weighted by atomic mass is 9.90. The van der Waals surface area contributed by atoms with Crippen LogP contribution in [0.25, 0.3) is 0 Å². The molecule has 2 rings (SSSR count). The maximum Gasteiger partial charge on any atom is 0.348 e. The highest BCUT2D eigenvalue weighted by Gasteiger charge is 2.43. The predicted octanol–water partition coefficient (Wildman–Crippen LogP) is 1.27. The zero-order valence-corrected chi connectivity index (χ0v) is 15.2. The van der Waals surface area contributed by atoms with Gasteiger partial charge in [-0.15, -0.1) is 4.36 Å². The van der Waals surface area contributed by atoms with Crippen molar-refractivity contribution in [1.29, 1.82) is 0 Å². The second kappa shape index (κ2) is 7.46. The van der Waals surface area contributed by atoms with Crippen LogP contribution in [0.5, 0.6) is 0 Å². The van der Waals surface area contributed by atoms with E-state index in [4.69, 9.17) is 0 Å². The molecule has 2 aromatic rings. The van der Waals surface area contributed by atoms with Crippen molar-refractivity contribution in [2.75, 3.05) is 13.3 Å². The Morgan fingerprint density at radius 2 is 2.19 bits per heavy atom. The van der Waals surface area contributed by atoms with Gasteiger partial charge in [0.05, 0.1) is 21.5 Å². The van der Waals surface area contributed by atoms with Gasteiger partial charge in [-0.1, -0.05) is 6.07 Å². The first-order valence-corrected chi connectivity index (χ1v) is 9.52. The minimum absolute atomic E-state index is 0.288. The van der Waals surface area contributed by atoms with Crippen LogP contribution in [-0.2, 0) is 21.9 Å². The van der Waals surface area contributed by atoms with E-state index in [2.05, 4.69) is 19.8 Å². The summed E-state index contributed by atoms with van der Waals surface area (Å²) >= 11 is 0. The number of aromatic nitrogens is 3. The van der Waals surface area contributed by atoms with Crippen molar-refractivity contribution >= 4 is 15.8 Å². The predicted molar refractivity (Wildman–Crippen MR) is 90.7 cm³/mol. The summed E-state index contributed by atoms with van der Waals surface area (Å²) in [5.74, 6) is -1.84. The summed E-state index contributed by atoms with van der Waals surface area (Å²) < 4.78 is 45.4. The average Bonchev–Trinajstić information content (AvgIpc) is 3.06. The lowest BCUT2D eigenvalue weighted by Gasteiger charge is -2.35. The van der Waals surface area contributed by atoms with Crippen molar-refractivity contribution in [3.63, 3.8) is 0 Å². The Hall–Kier alpha value is -2.40. The fourth-order valence-corrected chi connectivity index (χ4v) is 3.99. The van der Waals surface area contributed by atoms with Gasteiger partial charge in [-0.2, -0.15) is 5.10 Å². The average molecular weight is 387 g/mol. The molecule has 1 heterocycles. The summed E-state index contributed by atoms with van der Waals surface area (Å²) in [6.07, 6.45) is 3.68. The molecule has 0 fully saturated rings. The Balaban J connectivity index is 2.62. The standard InChI is InChI=1S/C15H19F2N5O3S/c1-10(26(3,25)21-14(23)18-2)15(24,7-22-9-19-8-20-22)12-5-4-11(16)6-13(12)17/h4-6,8-10,24H,7H2,1-3H3,(H,18,23)/t10-,15-,26?/m1/s1. The number of carbonyl (C=O) groups excluding carboxylic acids is 1. The maximum atomic E-state index is 14.4. The lowest BCUT2D eigenvalue weighted by Crippen LogP contribution is -2.46. The number of hydrogen-bond donors (Lipinski definition) is 2. The molecule has 8 nitrogen and oxygen atoms in total. The van der Waals surface area contributed by atoms with Crippen molar-refractivity contribution in [3.05, 3.63) is 48.1 Å². The number of nitrogens with zero attached hydrogens (tertiary/aromatic N) is 4. The van der Waals surface area contributed by atoms with Gasteiger partial charge in [0.2, 0.25) is 0 Å². The SMILES string of the molecule is CNC(=O)N=S(C)(=O)[C@H](C)[C@](O)(Cn1cncn1)c1ccc(F)cc1F. The van der Waals surface area contributed by atoms with Crippen LogP contribution in [0.2, 0.25) is 0 Å². The molecular formula is C15H19F2N5O3S. The molecular weight excluding hydrogens is 368 g/mol. The molecule has 0 saturated carbocycles. The molecule has 1 aromatic carbocycles. The molecule has 142 valence electrons. The fraction of sp³-hybridized carbons (Fsp3) is 0.400. The van der Waals surface area contributed by atoms with E-state index in [9.17, 15) is 22.9 Å². The zero-order valence-electron chi connectivity index (χ0n) is 14.4. The largest absolute Gasteiger partial charge is 0.382 e. The maximum absolute atomic E-state index is 14.4. The molecule has 0 aliphatic rings. The molecule has 0 radical (unpaired) electrons. The molecule has 2 amide bonds. The molecule has 0 aliphatic carbocycles. The number of nitrogens with one attached hydrogen (secondary N) is 1. The topological polar surface area (TPSA) is 109 Å². The third-order valence-electron chi connectivity index (χ3n) is 4.07. The molecule has 1 unspecified atom stereocenters. The van der Waals surface area contributed by atoms with Gasteiger partial charge in [0.1, 0.15) is 29.9 Å². The number of benzene rings is 1. The van der Waals surface area contributed by atoms with E-state index >= 15 is 0 Å². The third-order valence-corrected chi connectivity index (χ3v) is 6.30. The van der Waals surface area contributed by atoms with Gasteiger partial charge in [0.25, 0.3) is 0 Å². The van der Waals surface area contributed by atoms with Gasteiger partial charge in [0, 0.05) is 24.9 Å². The van der Waals surface area contributed by atoms with E-state index in [0.29, 0.717) is 6.07 Å². The summed E-state index contributed by atoms with van der Waals surface area (Å²) in [5.41, 5.74) is -2.39. The quantitative estimate of drug-likeness (QED) is 0.803. The van der Waals surface area contributed by atoms with E-state index < -0.39 is 38.2 Å². The van der Waals surface area contributed by atoms with Crippen LogP contribution in [0, 0.1) is 11.6 Å². The fourth-order valence-electron chi connectivity index (χ4n) is 2.49. The van der Waals surface area contributed by atoms with Gasteiger partial charge in [0.15, 0.2) is 0 Å². The monoisotopic (exact) mass is 387 g/mol. The molecule has 0 aliphatic heterocycles. The highest BCUT2D eigenvalue weighted by Crippen LogP contribution is 2.34. The molecule has 11 heteroatoms. The third kappa shape index (κ3) is 4.05. The highest BCUT2D eigenvalue weighted by atomic mass is 32.2. The number of carbonyl (C=O) groups is 1.